The van der Waals surface area contributed by atoms with Gasteiger partial charge >= 0.3 is 0 Å². The van der Waals surface area contributed by atoms with Crippen molar-refractivity contribution in [1.29, 1.82) is 0 Å². The van der Waals surface area contributed by atoms with E-state index in [9.17, 15) is 0 Å². The normalized spacial score (nSPS) is 74.0. The molecule has 50 valence electrons. The van der Waals surface area contributed by atoms with Crippen LogP contribution in [0.2, 0.25) is 0 Å². The topological polar surface area (TPSA) is 0 Å². The van der Waals surface area contributed by atoms with Gasteiger partial charge in [-0.3, -0.25) is 0 Å². The molecule has 1 spiro atoms. The van der Waals surface area contributed by atoms with Crippen LogP contribution in [0.4, 0.5) is 0 Å². The lowest BCUT2D eigenvalue weighted by molar-refractivity contribution is 0.213. The standard InChI is InChI=1S/C9H14/c1-3-6-8(2)7-4-5-9(6,7)8/h6-7H,3-5H2,1-2H3. The molecule has 0 aromatic rings. The molecule has 0 aromatic carbocycles. The van der Waals surface area contributed by atoms with Gasteiger partial charge in [0.1, 0.15) is 0 Å². The second-order valence-electron chi connectivity index (χ2n) is 4.38. The van der Waals surface area contributed by atoms with Crippen molar-refractivity contribution < 1.29 is 0 Å². The summed E-state index contributed by atoms with van der Waals surface area (Å²) in [6.45, 7) is 4.87. The molecule has 4 atom stereocenters. The van der Waals surface area contributed by atoms with Gasteiger partial charge in [0.15, 0.2) is 0 Å². The lowest BCUT2D eigenvalue weighted by Crippen LogP contribution is -2.20. The van der Waals surface area contributed by atoms with E-state index in [1.165, 1.54) is 12.3 Å². The van der Waals surface area contributed by atoms with Crippen LogP contribution in [0.5, 0.6) is 0 Å². The highest BCUT2D eigenvalue weighted by Gasteiger charge is 2.96. The van der Waals surface area contributed by atoms with Crippen LogP contribution >= 0.6 is 0 Å². The maximum absolute atomic E-state index is 2.51. The lowest BCUT2D eigenvalue weighted by Gasteiger charge is -2.28. The quantitative estimate of drug-likeness (QED) is 0.501. The van der Waals surface area contributed by atoms with Crippen molar-refractivity contribution in [1.82, 2.24) is 0 Å². The molecule has 0 nitrogen and oxygen atoms in total. The van der Waals surface area contributed by atoms with Gasteiger partial charge in [0.2, 0.25) is 0 Å². The van der Waals surface area contributed by atoms with E-state index in [1.807, 2.05) is 0 Å². The molecule has 9 heavy (non-hydrogen) atoms. The van der Waals surface area contributed by atoms with Crippen molar-refractivity contribution in [3.8, 4) is 0 Å². The number of hydrogen-bond acceptors (Lipinski definition) is 0. The molecule has 0 aromatic heterocycles. The second kappa shape index (κ2) is 0.889. The fourth-order valence-corrected chi connectivity index (χ4v) is 4.22. The first kappa shape index (κ1) is 4.76. The molecule has 0 radical (unpaired) electrons. The van der Waals surface area contributed by atoms with E-state index >= 15 is 0 Å². The minimum absolute atomic E-state index is 0.891. The maximum Gasteiger partial charge on any atom is -0.0170 e. The van der Waals surface area contributed by atoms with Gasteiger partial charge < -0.3 is 0 Å². The Morgan fingerprint density at radius 3 is 2.44 bits per heavy atom. The molecule has 0 aliphatic heterocycles. The van der Waals surface area contributed by atoms with Crippen LogP contribution in [-0.4, -0.2) is 0 Å². The molecule has 0 bridgehead atoms. The van der Waals surface area contributed by atoms with Crippen LogP contribution in [0, 0.1) is 22.7 Å². The molecule has 4 unspecified atom stereocenters. The minimum Gasteiger partial charge on any atom is -0.0651 e. The summed E-state index contributed by atoms with van der Waals surface area (Å²) in [6, 6.07) is 0. The average Bonchev–Trinajstić information content (AvgIpc) is 2.42. The Kier molecular flexibility index (Phi) is 0.470. The molecule has 3 aliphatic rings. The Bertz CT molecular complexity index is 174. The van der Waals surface area contributed by atoms with E-state index in [4.69, 9.17) is 0 Å². The molecule has 3 rings (SSSR count). The monoisotopic (exact) mass is 122 g/mol. The average molecular weight is 122 g/mol. The number of fused-ring (bicyclic) bond motifs is 1. The highest BCUT2D eigenvalue weighted by molar-refractivity contribution is 5.44. The van der Waals surface area contributed by atoms with Crippen molar-refractivity contribution in [3.05, 3.63) is 0 Å². The third-order valence-electron chi connectivity index (χ3n) is 4.78. The van der Waals surface area contributed by atoms with Crippen LogP contribution < -0.4 is 0 Å². The predicted molar refractivity (Wildman–Crippen MR) is 37.0 cm³/mol. The van der Waals surface area contributed by atoms with Gasteiger partial charge in [-0.05, 0) is 35.5 Å². The first-order valence-corrected chi connectivity index (χ1v) is 4.28. The Morgan fingerprint density at radius 1 is 1.56 bits per heavy atom. The van der Waals surface area contributed by atoms with E-state index in [0.29, 0.717) is 0 Å². The predicted octanol–water partition coefficient (Wildman–Crippen LogP) is 2.44. The third-order valence-corrected chi connectivity index (χ3v) is 4.78. The first-order valence-electron chi connectivity index (χ1n) is 4.28. The highest BCUT2D eigenvalue weighted by atomic mass is 15.0. The zero-order chi connectivity index (χ0) is 6.28. The summed E-state index contributed by atoms with van der Waals surface area (Å²) in [6.07, 6.45) is 4.59. The number of hydrogen-bond donors (Lipinski definition) is 0. The summed E-state index contributed by atoms with van der Waals surface area (Å²) >= 11 is 0. The summed E-state index contributed by atoms with van der Waals surface area (Å²) in [5.74, 6) is 2.36. The minimum atomic E-state index is 0.891. The van der Waals surface area contributed by atoms with Crippen molar-refractivity contribution >= 4 is 0 Å². The summed E-state index contributed by atoms with van der Waals surface area (Å²) in [5.41, 5.74) is 1.85. The van der Waals surface area contributed by atoms with Crippen LogP contribution in [0.25, 0.3) is 0 Å². The molecular formula is C9H14. The molecule has 0 amide bonds. The SMILES string of the molecule is CCC1C2(C)C3CCC132. The molecular weight excluding hydrogens is 108 g/mol. The van der Waals surface area contributed by atoms with Gasteiger partial charge in [-0.1, -0.05) is 20.3 Å². The van der Waals surface area contributed by atoms with Gasteiger partial charge in [-0.25, -0.2) is 0 Å². The number of rotatable bonds is 1. The smallest absolute Gasteiger partial charge is 0.0170 e. The molecule has 0 heteroatoms. The first-order chi connectivity index (χ1) is 4.28. The van der Waals surface area contributed by atoms with Crippen molar-refractivity contribution in [2.24, 2.45) is 22.7 Å². The molecule has 3 fully saturated rings. The maximum atomic E-state index is 2.51. The zero-order valence-electron chi connectivity index (χ0n) is 6.28. The van der Waals surface area contributed by atoms with Crippen LogP contribution in [0.1, 0.15) is 33.1 Å². The summed E-state index contributed by atoms with van der Waals surface area (Å²) in [4.78, 5) is 0. The van der Waals surface area contributed by atoms with Crippen molar-refractivity contribution in [2.75, 3.05) is 0 Å². The fraction of sp³-hybridized carbons (Fsp3) is 1.00. The summed E-state index contributed by atoms with van der Waals surface area (Å²) < 4.78 is 0. The van der Waals surface area contributed by atoms with E-state index in [-0.39, 0.29) is 0 Å². The van der Waals surface area contributed by atoms with Gasteiger partial charge in [0, 0.05) is 0 Å². The Balaban J connectivity index is 1.93. The second-order valence-corrected chi connectivity index (χ2v) is 4.38. The highest BCUT2D eigenvalue weighted by Crippen LogP contribution is 3.02. The molecule has 3 aliphatic carbocycles. The third kappa shape index (κ3) is 0.210. The Labute approximate surface area is 56.6 Å². The van der Waals surface area contributed by atoms with E-state index in [0.717, 1.165) is 16.7 Å². The largest absolute Gasteiger partial charge is 0.0651 e. The van der Waals surface area contributed by atoms with E-state index < -0.39 is 0 Å². The molecule has 3 saturated carbocycles. The van der Waals surface area contributed by atoms with Crippen molar-refractivity contribution in [3.63, 3.8) is 0 Å². The van der Waals surface area contributed by atoms with E-state index in [1.54, 1.807) is 12.8 Å². The van der Waals surface area contributed by atoms with Crippen LogP contribution in [-0.2, 0) is 0 Å². The van der Waals surface area contributed by atoms with Crippen molar-refractivity contribution in [2.45, 2.75) is 33.1 Å². The van der Waals surface area contributed by atoms with Gasteiger partial charge in [0.25, 0.3) is 0 Å². The Hall–Kier alpha value is 0. The summed E-state index contributed by atoms with van der Waals surface area (Å²) in [5, 5.41) is 0. The Morgan fingerprint density at radius 2 is 2.33 bits per heavy atom. The molecule has 0 saturated heterocycles. The van der Waals surface area contributed by atoms with Gasteiger partial charge in [-0.2, -0.15) is 0 Å². The lowest BCUT2D eigenvalue weighted by atomic mass is 9.77. The van der Waals surface area contributed by atoms with Gasteiger partial charge in [0.05, 0.1) is 0 Å². The molecule has 0 N–H and O–H groups in total. The van der Waals surface area contributed by atoms with Gasteiger partial charge in [-0.15, -0.1) is 0 Å². The zero-order valence-corrected chi connectivity index (χ0v) is 6.28. The van der Waals surface area contributed by atoms with E-state index in [2.05, 4.69) is 13.8 Å². The van der Waals surface area contributed by atoms with Crippen LogP contribution in [0.3, 0.4) is 0 Å². The summed E-state index contributed by atoms with van der Waals surface area (Å²) in [7, 11) is 0. The molecule has 0 heterocycles. The fourth-order valence-electron chi connectivity index (χ4n) is 4.22. The van der Waals surface area contributed by atoms with Crippen LogP contribution in [0.15, 0.2) is 0 Å².